The lowest BCUT2D eigenvalue weighted by atomic mass is 9.83. The van der Waals surface area contributed by atoms with Crippen molar-refractivity contribution in [2.45, 2.75) is 57.7 Å². The molecule has 0 aromatic rings. The average Bonchev–Trinajstić information content (AvgIpc) is 2.40. The lowest BCUT2D eigenvalue weighted by Gasteiger charge is -2.44. The van der Waals surface area contributed by atoms with Crippen molar-refractivity contribution in [2.24, 2.45) is 5.92 Å². The summed E-state index contributed by atoms with van der Waals surface area (Å²) in [6.07, 6.45) is 4.89. The maximum Gasteiger partial charge on any atom is 0.317 e. The predicted molar refractivity (Wildman–Crippen MR) is 84.3 cm³/mol. The van der Waals surface area contributed by atoms with E-state index in [1.807, 2.05) is 6.92 Å². The van der Waals surface area contributed by atoms with Crippen LogP contribution in [0.4, 0.5) is 0 Å². The highest BCUT2D eigenvalue weighted by molar-refractivity contribution is 7.99. The van der Waals surface area contributed by atoms with Crippen LogP contribution in [0.5, 0.6) is 0 Å². The van der Waals surface area contributed by atoms with Crippen LogP contribution in [-0.4, -0.2) is 58.7 Å². The third-order valence-electron chi connectivity index (χ3n) is 4.85. The van der Waals surface area contributed by atoms with Gasteiger partial charge in [-0.05, 0) is 56.6 Å². The molecule has 2 fully saturated rings. The van der Waals surface area contributed by atoms with Crippen LogP contribution in [0.3, 0.4) is 0 Å². The molecule has 4 nitrogen and oxygen atoms in total. The zero-order valence-corrected chi connectivity index (χ0v) is 13.5. The summed E-state index contributed by atoms with van der Waals surface area (Å²) in [5, 5.41) is 12.7. The van der Waals surface area contributed by atoms with Gasteiger partial charge < -0.3 is 10.4 Å². The lowest BCUT2D eigenvalue weighted by molar-refractivity contribution is -0.139. The van der Waals surface area contributed by atoms with Crippen LogP contribution in [0.2, 0.25) is 0 Å². The van der Waals surface area contributed by atoms with Gasteiger partial charge in [-0.25, -0.2) is 0 Å². The molecular weight excluding hydrogens is 272 g/mol. The van der Waals surface area contributed by atoms with Gasteiger partial charge in [0.05, 0.1) is 6.54 Å². The first-order chi connectivity index (χ1) is 9.60. The van der Waals surface area contributed by atoms with Gasteiger partial charge in [-0.2, -0.15) is 11.8 Å². The Hall–Kier alpha value is -0.260. The minimum Gasteiger partial charge on any atom is -0.480 e. The highest BCUT2D eigenvalue weighted by Crippen LogP contribution is 2.29. The van der Waals surface area contributed by atoms with Crippen molar-refractivity contribution >= 4 is 17.7 Å². The van der Waals surface area contributed by atoms with Gasteiger partial charge >= 0.3 is 5.97 Å². The molecule has 2 N–H and O–H groups in total. The van der Waals surface area contributed by atoms with E-state index in [0.717, 1.165) is 25.3 Å². The van der Waals surface area contributed by atoms with Crippen molar-refractivity contribution in [3.05, 3.63) is 0 Å². The van der Waals surface area contributed by atoms with E-state index in [4.69, 9.17) is 5.11 Å². The molecule has 0 aromatic carbocycles. The maximum atomic E-state index is 10.8. The highest BCUT2D eigenvalue weighted by atomic mass is 32.2. The number of nitrogens with one attached hydrogen (secondary N) is 1. The second kappa shape index (κ2) is 7.66. The smallest absolute Gasteiger partial charge is 0.317 e. The van der Waals surface area contributed by atoms with E-state index in [-0.39, 0.29) is 6.54 Å². The molecule has 1 saturated carbocycles. The number of hydrogen-bond acceptors (Lipinski definition) is 4. The topological polar surface area (TPSA) is 52.6 Å². The number of likely N-dealkylation sites (N-methyl/N-ethyl adjacent to an activating group) is 1. The minimum absolute atomic E-state index is 0.184. The first-order valence-electron chi connectivity index (χ1n) is 7.89. The third-order valence-corrected chi connectivity index (χ3v) is 5.89. The molecule has 2 rings (SSSR count). The van der Waals surface area contributed by atoms with Gasteiger partial charge in [0, 0.05) is 18.1 Å². The molecule has 0 amide bonds. The Morgan fingerprint density at radius 3 is 2.60 bits per heavy atom. The molecule has 20 heavy (non-hydrogen) atoms. The molecule has 0 bridgehead atoms. The summed E-state index contributed by atoms with van der Waals surface area (Å²) in [5.41, 5.74) is 0. The summed E-state index contributed by atoms with van der Waals surface area (Å²) in [7, 11) is 0. The van der Waals surface area contributed by atoms with Crippen molar-refractivity contribution in [1.82, 2.24) is 10.2 Å². The van der Waals surface area contributed by atoms with E-state index < -0.39 is 5.97 Å². The molecule has 1 saturated heterocycles. The van der Waals surface area contributed by atoms with E-state index >= 15 is 0 Å². The zero-order chi connectivity index (χ0) is 14.5. The first kappa shape index (κ1) is 16.1. The van der Waals surface area contributed by atoms with Crippen LogP contribution in [-0.2, 0) is 4.79 Å². The maximum absolute atomic E-state index is 10.8. The summed E-state index contributed by atoms with van der Waals surface area (Å²) in [6, 6.07) is 1.66. The van der Waals surface area contributed by atoms with Crippen LogP contribution in [0.15, 0.2) is 0 Å². The number of carboxylic acids is 1. The van der Waals surface area contributed by atoms with Gasteiger partial charge in [-0.1, -0.05) is 6.92 Å². The zero-order valence-electron chi connectivity index (χ0n) is 12.7. The Kier molecular flexibility index (Phi) is 6.18. The van der Waals surface area contributed by atoms with E-state index in [2.05, 4.69) is 28.9 Å². The van der Waals surface area contributed by atoms with Crippen LogP contribution in [0.25, 0.3) is 0 Å². The Morgan fingerprint density at radius 2 is 2.05 bits per heavy atom. The molecule has 1 unspecified atom stereocenters. The van der Waals surface area contributed by atoms with E-state index in [9.17, 15) is 4.79 Å². The first-order valence-corrected chi connectivity index (χ1v) is 9.05. The molecule has 5 heteroatoms. The Labute approximate surface area is 126 Å². The number of rotatable bonds is 7. The van der Waals surface area contributed by atoms with Crippen LogP contribution >= 0.6 is 11.8 Å². The van der Waals surface area contributed by atoms with Crippen LogP contribution < -0.4 is 5.32 Å². The van der Waals surface area contributed by atoms with Gasteiger partial charge in [0.25, 0.3) is 0 Å². The fraction of sp³-hybridized carbons (Fsp3) is 0.933. The fourth-order valence-corrected chi connectivity index (χ4v) is 4.56. The number of hydrogen-bond donors (Lipinski definition) is 2. The Balaban J connectivity index is 1.68. The molecule has 0 spiro atoms. The average molecular weight is 300 g/mol. The lowest BCUT2D eigenvalue weighted by Crippen LogP contribution is -2.56. The van der Waals surface area contributed by atoms with Gasteiger partial charge in [-0.3, -0.25) is 9.69 Å². The largest absolute Gasteiger partial charge is 0.480 e. The summed E-state index contributed by atoms with van der Waals surface area (Å²) in [6.45, 7) is 5.39. The molecule has 1 aliphatic carbocycles. The normalized spacial score (nSPS) is 29.1. The number of carboxylic acid groups (broad SMARTS) is 1. The molecular formula is C15H28N2O2S. The number of carbonyl (C=O) groups is 1. The van der Waals surface area contributed by atoms with E-state index in [1.165, 1.54) is 24.3 Å². The number of nitrogens with zero attached hydrogens (tertiary/aromatic N) is 1. The van der Waals surface area contributed by atoms with Crippen molar-refractivity contribution < 1.29 is 9.90 Å². The Bertz CT molecular complexity index is 315. The Morgan fingerprint density at radius 1 is 1.40 bits per heavy atom. The predicted octanol–water partition coefficient (Wildman–Crippen LogP) is 2.05. The minimum atomic E-state index is -0.712. The van der Waals surface area contributed by atoms with Gasteiger partial charge in [0.15, 0.2) is 0 Å². The SMILES string of the molecule is CCN(CC(=O)O)C1CC(NC(C)C2CCSCC2)C1. The van der Waals surface area contributed by atoms with Crippen molar-refractivity contribution in [3.63, 3.8) is 0 Å². The number of thioether (sulfide) groups is 1. The molecule has 1 heterocycles. The number of aliphatic carboxylic acids is 1. The summed E-state index contributed by atoms with van der Waals surface area (Å²) >= 11 is 2.08. The van der Waals surface area contributed by atoms with Crippen molar-refractivity contribution in [1.29, 1.82) is 0 Å². The summed E-state index contributed by atoms with van der Waals surface area (Å²) < 4.78 is 0. The van der Waals surface area contributed by atoms with Crippen LogP contribution in [0.1, 0.15) is 39.5 Å². The van der Waals surface area contributed by atoms with Gasteiger partial charge in [0.1, 0.15) is 0 Å². The molecule has 116 valence electrons. The molecule has 2 aliphatic rings. The summed E-state index contributed by atoms with van der Waals surface area (Å²) in [4.78, 5) is 12.9. The summed E-state index contributed by atoms with van der Waals surface area (Å²) in [5.74, 6) is 2.74. The molecule has 0 radical (unpaired) electrons. The second-order valence-electron chi connectivity index (χ2n) is 6.18. The van der Waals surface area contributed by atoms with E-state index in [1.54, 1.807) is 0 Å². The van der Waals surface area contributed by atoms with Gasteiger partial charge in [-0.15, -0.1) is 0 Å². The molecule has 1 aliphatic heterocycles. The third kappa shape index (κ3) is 4.37. The highest BCUT2D eigenvalue weighted by Gasteiger charge is 2.35. The van der Waals surface area contributed by atoms with E-state index in [0.29, 0.717) is 18.1 Å². The quantitative estimate of drug-likeness (QED) is 0.753. The fourth-order valence-electron chi connectivity index (χ4n) is 3.42. The molecule has 0 aromatic heterocycles. The molecule has 1 atom stereocenters. The van der Waals surface area contributed by atoms with Crippen LogP contribution in [0, 0.1) is 5.92 Å². The van der Waals surface area contributed by atoms with Gasteiger partial charge in [0.2, 0.25) is 0 Å². The van der Waals surface area contributed by atoms with Crippen molar-refractivity contribution in [3.8, 4) is 0 Å². The van der Waals surface area contributed by atoms with Crippen molar-refractivity contribution in [2.75, 3.05) is 24.6 Å². The monoisotopic (exact) mass is 300 g/mol. The second-order valence-corrected chi connectivity index (χ2v) is 7.41. The standard InChI is InChI=1S/C15H28N2O2S/c1-3-17(10-15(18)19)14-8-13(9-14)16-11(2)12-4-6-20-7-5-12/h11-14,16H,3-10H2,1-2H3,(H,18,19).